The molecule has 0 aromatic heterocycles. The molecule has 0 radical (unpaired) electrons. The smallest absolute Gasteiger partial charge is 0.0785 e. The van der Waals surface area contributed by atoms with Crippen molar-refractivity contribution < 1.29 is 4.74 Å². The topological polar surface area (TPSA) is 9.23 Å². The van der Waals surface area contributed by atoms with E-state index in [9.17, 15) is 0 Å². The third-order valence-electron chi connectivity index (χ3n) is 3.47. The van der Waals surface area contributed by atoms with Crippen LogP contribution < -0.4 is 0 Å². The van der Waals surface area contributed by atoms with E-state index in [1.165, 1.54) is 12.8 Å². The average Bonchev–Trinajstić information content (AvgIpc) is 2.01. The van der Waals surface area contributed by atoms with Gasteiger partial charge in [-0.05, 0) is 24.2 Å². The second kappa shape index (κ2) is 3.97. The van der Waals surface area contributed by atoms with Gasteiger partial charge in [0, 0.05) is 12.3 Å². The molecule has 1 rings (SSSR count). The van der Waals surface area contributed by atoms with Gasteiger partial charge < -0.3 is 4.74 Å². The minimum Gasteiger partial charge on any atom is -0.382 e. The molecule has 0 N–H and O–H groups in total. The van der Waals surface area contributed by atoms with Crippen LogP contribution in [-0.4, -0.2) is 20.4 Å². The molecular weight excluding hydrogens is 188 g/mol. The van der Waals surface area contributed by atoms with Crippen LogP contribution in [-0.2, 0) is 4.74 Å². The van der Waals surface area contributed by atoms with Crippen LogP contribution in [0.15, 0.2) is 0 Å². The summed E-state index contributed by atoms with van der Waals surface area (Å²) in [6.07, 6.45) is 2.55. The highest BCUT2D eigenvalue weighted by Gasteiger charge is 2.37. The summed E-state index contributed by atoms with van der Waals surface area (Å²) in [6, 6.07) is 0. The third-order valence-corrected chi connectivity index (χ3v) is 5.81. The van der Waals surface area contributed by atoms with Crippen molar-refractivity contribution in [2.75, 3.05) is 6.61 Å². The molecule has 0 bridgehead atoms. The van der Waals surface area contributed by atoms with E-state index in [0.717, 1.165) is 12.5 Å². The Morgan fingerprint density at radius 3 is 2.14 bits per heavy atom. The highest BCUT2D eigenvalue weighted by Crippen LogP contribution is 2.37. The van der Waals surface area contributed by atoms with Gasteiger partial charge in [0.15, 0.2) is 0 Å². The highest BCUT2D eigenvalue weighted by molar-refractivity contribution is 6.77. The molecule has 1 nitrogen and oxygen atoms in total. The van der Waals surface area contributed by atoms with Crippen molar-refractivity contribution in [3.05, 3.63) is 0 Å². The minimum atomic E-state index is -1.10. The van der Waals surface area contributed by atoms with Gasteiger partial charge in [0.05, 0.1) is 8.07 Å². The van der Waals surface area contributed by atoms with Crippen molar-refractivity contribution in [1.29, 1.82) is 0 Å². The second-order valence-corrected chi connectivity index (χ2v) is 12.2. The van der Waals surface area contributed by atoms with Gasteiger partial charge in [-0.2, -0.15) is 0 Å². The van der Waals surface area contributed by atoms with Gasteiger partial charge in [0.2, 0.25) is 0 Å². The Hall–Kier alpha value is 0.177. The van der Waals surface area contributed by atoms with Crippen LogP contribution in [0.4, 0.5) is 0 Å². The fraction of sp³-hybridized carbons (Fsp3) is 1.00. The molecule has 0 saturated carbocycles. The van der Waals surface area contributed by atoms with Gasteiger partial charge in [-0.3, -0.25) is 0 Å². The van der Waals surface area contributed by atoms with Crippen molar-refractivity contribution in [3.8, 4) is 0 Å². The summed E-state index contributed by atoms with van der Waals surface area (Å²) in [5.74, 6) is 0.855. The molecule has 1 fully saturated rings. The fourth-order valence-electron chi connectivity index (χ4n) is 2.19. The molecule has 0 spiro atoms. The van der Waals surface area contributed by atoms with E-state index in [0.29, 0.717) is 11.1 Å². The average molecular weight is 214 g/mol. The first-order chi connectivity index (χ1) is 6.21. The van der Waals surface area contributed by atoms with Gasteiger partial charge >= 0.3 is 0 Å². The van der Waals surface area contributed by atoms with Gasteiger partial charge in [-0.1, -0.05) is 40.4 Å². The van der Waals surface area contributed by atoms with Gasteiger partial charge in [-0.25, -0.2) is 0 Å². The van der Waals surface area contributed by atoms with Crippen LogP contribution in [0.1, 0.15) is 33.6 Å². The predicted molar refractivity (Wildman–Crippen MR) is 65.3 cm³/mol. The summed E-state index contributed by atoms with van der Waals surface area (Å²) < 4.78 is 5.93. The van der Waals surface area contributed by atoms with Gasteiger partial charge in [0.1, 0.15) is 0 Å². The molecule has 0 aromatic carbocycles. The van der Waals surface area contributed by atoms with Crippen molar-refractivity contribution in [2.45, 2.75) is 59.0 Å². The van der Waals surface area contributed by atoms with E-state index in [2.05, 4.69) is 40.4 Å². The Morgan fingerprint density at radius 1 is 1.14 bits per heavy atom. The molecule has 0 unspecified atom stereocenters. The molecule has 84 valence electrons. The van der Waals surface area contributed by atoms with Gasteiger partial charge in [0.25, 0.3) is 0 Å². The first-order valence-corrected chi connectivity index (χ1v) is 9.40. The fourth-order valence-corrected chi connectivity index (χ4v) is 3.80. The van der Waals surface area contributed by atoms with E-state index in [4.69, 9.17) is 4.74 Å². The van der Waals surface area contributed by atoms with E-state index in [1.54, 1.807) is 0 Å². The molecule has 1 heterocycles. The summed E-state index contributed by atoms with van der Waals surface area (Å²) >= 11 is 0. The number of hydrogen-bond donors (Lipinski definition) is 0. The van der Waals surface area contributed by atoms with Crippen molar-refractivity contribution in [2.24, 2.45) is 11.3 Å². The van der Waals surface area contributed by atoms with Crippen LogP contribution in [0.5, 0.6) is 0 Å². The maximum absolute atomic E-state index is 5.93. The Bertz CT molecular complexity index is 167. The SMILES string of the molecule is CC(C)(C)[C@@H]1CCO[C@@H]([Si](C)(C)C)C1. The summed E-state index contributed by atoms with van der Waals surface area (Å²) in [6.45, 7) is 15.3. The Balaban J connectivity index is 2.61. The van der Waals surface area contributed by atoms with Crippen LogP contribution in [0.3, 0.4) is 0 Å². The maximum Gasteiger partial charge on any atom is 0.0785 e. The van der Waals surface area contributed by atoms with Crippen LogP contribution in [0.2, 0.25) is 19.6 Å². The summed E-state index contributed by atoms with van der Waals surface area (Å²) in [5.41, 5.74) is 1.04. The quantitative estimate of drug-likeness (QED) is 0.605. The summed E-state index contributed by atoms with van der Waals surface area (Å²) in [5, 5.41) is 0. The van der Waals surface area contributed by atoms with E-state index in [1.807, 2.05) is 0 Å². The Kier molecular flexibility index (Phi) is 3.48. The standard InChI is InChI=1S/C12H26OSi/c1-12(2,3)10-7-8-13-11(9-10)14(4,5)6/h10-11H,7-9H2,1-6H3/t10-,11+/m1/s1. The molecule has 0 aromatic rings. The molecule has 2 atom stereocenters. The molecule has 0 aliphatic carbocycles. The summed E-state index contributed by atoms with van der Waals surface area (Å²) in [7, 11) is -1.10. The molecule has 1 saturated heterocycles. The van der Waals surface area contributed by atoms with Gasteiger partial charge in [-0.15, -0.1) is 0 Å². The monoisotopic (exact) mass is 214 g/mol. The molecule has 1 aliphatic rings. The number of ether oxygens (including phenoxy) is 1. The van der Waals surface area contributed by atoms with Crippen molar-refractivity contribution in [1.82, 2.24) is 0 Å². The minimum absolute atomic E-state index is 0.460. The Labute approximate surface area is 90.2 Å². The zero-order chi connectivity index (χ0) is 11.0. The first-order valence-electron chi connectivity index (χ1n) is 5.83. The van der Waals surface area contributed by atoms with Crippen molar-refractivity contribution in [3.63, 3.8) is 0 Å². The van der Waals surface area contributed by atoms with Crippen LogP contribution >= 0.6 is 0 Å². The van der Waals surface area contributed by atoms with E-state index in [-0.39, 0.29) is 0 Å². The molecule has 2 heteroatoms. The lowest BCUT2D eigenvalue weighted by atomic mass is 9.76. The van der Waals surface area contributed by atoms with E-state index < -0.39 is 8.07 Å². The molecular formula is C12H26OSi. The zero-order valence-corrected chi connectivity index (χ0v) is 11.7. The van der Waals surface area contributed by atoms with Crippen molar-refractivity contribution >= 4 is 8.07 Å². The number of hydrogen-bond acceptors (Lipinski definition) is 1. The lowest BCUT2D eigenvalue weighted by Crippen LogP contribution is -2.46. The van der Waals surface area contributed by atoms with Crippen LogP contribution in [0, 0.1) is 11.3 Å². The normalized spacial score (nSPS) is 30.4. The van der Waals surface area contributed by atoms with E-state index >= 15 is 0 Å². The molecule has 14 heavy (non-hydrogen) atoms. The first kappa shape index (κ1) is 12.2. The van der Waals surface area contributed by atoms with Crippen LogP contribution in [0.25, 0.3) is 0 Å². The third kappa shape index (κ3) is 3.09. The highest BCUT2D eigenvalue weighted by atomic mass is 28.3. The summed E-state index contributed by atoms with van der Waals surface area (Å²) in [4.78, 5) is 0. The number of rotatable bonds is 1. The maximum atomic E-state index is 5.93. The lowest BCUT2D eigenvalue weighted by Gasteiger charge is -2.41. The predicted octanol–water partition coefficient (Wildman–Crippen LogP) is 3.71. The molecule has 0 amide bonds. The zero-order valence-electron chi connectivity index (χ0n) is 10.7. The Morgan fingerprint density at radius 2 is 1.71 bits per heavy atom. The molecule has 1 aliphatic heterocycles. The largest absolute Gasteiger partial charge is 0.382 e. The second-order valence-electron chi connectivity index (χ2n) is 6.81. The lowest BCUT2D eigenvalue weighted by molar-refractivity contribution is 0.000454.